The molecule has 0 unspecified atom stereocenters. The first-order valence-corrected chi connectivity index (χ1v) is 7.34. The van der Waals surface area contributed by atoms with Crippen LogP contribution in [0.15, 0.2) is 30.6 Å². The summed E-state index contributed by atoms with van der Waals surface area (Å²) in [6.45, 7) is 0.214. The highest BCUT2D eigenvalue weighted by atomic mass is 16.1. The second-order valence-electron chi connectivity index (χ2n) is 5.63. The Morgan fingerprint density at radius 1 is 1.29 bits per heavy atom. The lowest BCUT2D eigenvalue weighted by Crippen LogP contribution is -2.40. The Hall–Kier alpha value is -2.30. The van der Waals surface area contributed by atoms with Gasteiger partial charge in [-0.1, -0.05) is 18.9 Å². The summed E-state index contributed by atoms with van der Waals surface area (Å²) < 4.78 is 0. The van der Waals surface area contributed by atoms with Crippen LogP contribution in [0, 0.1) is 0 Å². The van der Waals surface area contributed by atoms with Crippen LogP contribution in [-0.2, 0) is 4.79 Å². The molecular formula is C16H20N4O. The highest BCUT2D eigenvalue weighted by molar-refractivity contribution is 5.99. The maximum Gasteiger partial charge on any atom is 0.236 e. The average molecular weight is 284 g/mol. The Balaban J connectivity index is 2.05. The number of hydrogen-bond acceptors (Lipinski definition) is 4. The summed E-state index contributed by atoms with van der Waals surface area (Å²) in [5.74, 6) is -0.323. The van der Waals surface area contributed by atoms with Crippen LogP contribution in [0.3, 0.4) is 0 Å². The Labute approximate surface area is 123 Å². The van der Waals surface area contributed by atoms with Crippen molar-refractivity contribution in [3.05, 3.63) is 30.6 Å². The number of carbonyl (C=O) groups excluding carboxylic acids is 1. The Bertz CT molecular complexity index is 664. The van der Waals surface area contributed by atoms with Gasteiger partial charge in [-0.3, -0.25) is 9.78 Å². The first-order valence-electron chi connectivity index (χ1n) is 7.34. The zero-order valence-electron chi connectivity index (χ0n) is 12.0. The summed E-state index contributed by atoms with van der Waals surface area (Å²) in [5.41, 5.74) is 13.4. The van der Waals surface area contributed by atoms with Crippen LogP contribution in [0.1, 0.15) is 25.7 Å². The van der Waals surface area contributed by atoms with Crippen molar-refractivity contribution in [2.24, 2.45) is 5.73 Å². The van der Waals surface area contributed by atoms with E-state index in [9.17, 15) is 4.79 Å². The van der Waals surface area contributed by atoms with Crippen LogP contribution >= 0.6 is 0 Å². The average Bonchev–Trinajstić information content (AvgIpc) is 3.00. The molecule has 3 rings (SSSR count). The number of carbonyl (C=O) groups is 1. The number of fused-ring (bicyclic) bond motifs is 1. The minimum Gasteiger partial charge on any atom is -0.397 e. The molecular weight excluding hydrogens is 264 g/mol. The van der Waals surface area contributed by atoms with E-state index >= 15 is 0 Å². The maximum absolute atomic E-state index is 11.4. The molecule has 1 saturated carbocycles. The van der Waals surface area contributed by atoms with Crippen molar-refractivity contribution in [3.8, 4) is 0 Å². The number of amides is 1. The predicted molar refractivity (Wildman–Crippen MR) is 85.0 cm³/mol. The molecule has 4 N–H and O–H groups in total. The van der Waals surface area contributed by atoms with E-state index in [1.807, 2.05) is 18.2 Å². The molecule has 5 nitrogen and oxygen atoms in total. The summed E-state index contributed by atoms with van der Waals surface area (Å²) in [4.78, 5) is 17.6. The summed E-state index contributed by atoms with van der Waals surface area (Å²) in [5, 5.41) is 1.97. The fourth-order valence-corrected chi connectivity index (χ4v) is 3.23. The lowest BCUT2D eigenvalue weighted by atomic mass is 10.1. The van der Waals surface area contributed by atoms with E-state index in [1.54, 1.807) is 12.4 Å². The number of rotatable bonds is 4. The number of primary amides is 1. The van der Waals surface area contributed by atoms with Gasteiger partial charge in [0, 0.05) is 29.2 Å². The van der Waals surface area contributed by atoms with Crippen LogP contribution in [0.2, 0.25) is 0 Å². The molecule has 0 spiro atoms. The molecule has 110 valence electrons. The molecule has 5 heteroatoms. The van der Waals surface area contributed by atoms with Gasteiger partial charge in [-0.15, -0.1) is 0 Å². The van der Waals surface area contributed by atoms with Crippen LogP contribution in [0.5, 0.6) is 0 Å². The zero-order chi connectivity index (χ0) is 14.8. The molecule has 1 aliphatic carbocycles. The number of nitrogens with zero attached hydrogens (tertiary/aromatic N) is 2. The van der Waals surface area contributed by atoms with E-state index < -0.39 is 0 Å². The number of benzene rings is 1. The van der Waals surface area contributed by atoms with E-state index in [0.29, 0.717) is 11.7 Å². The van der Waals surface area contributed by atoms with Gasteiger partial charge >= 0.3 is 0 Å². The smallest absolute Gasteiger partial charge is 0.236 e. The highest BCUT2D eigenvalue weighted by Crippen LogP contribution is 2.35. The maximum atomic E-state index is 11.4. The third-order valence-corrected chi connectivity index (χ3v) is 4.24. The van der Waals surface area contributed by atoms with Crippen molar-refractivity contribution in [1.82, 2.24) is 4.98 Å². The van der Waals surface area contributed by atoms with Crippen molar-refractivity contribution in [3.63, 3.8) is 0 Å². The number of anilines is 2. The minimum atomic E-state index is -0.323. The van der Waals surface area contributed by atoms with Crippen molar-refractivity contribution < 1.29 is 4.79 Å². The highest BCUT2D eigenvalue weighted by Gasteiger charge is 2.25. The third-order valence-electron chi connectivity index (χ3n) is 4.24. The van der Waals surface area contributed by atoms with Crippen molar-refractivity contribution in [2.45, 2.75) is 31.7 Å². The first kappa shape index (κ1) is 13.7. The summed E-state index contributed by atoms with van der Waals surface area (Å²) in [7, 11) is 0. The predicted octanol–water partition coefficient (Wildman–Crippen LogP) is 2.05. The van der Waals surface area contributed by atoms with Gasteiger partial charge in [0.1, 0.15) is 0 Å². The van der Waals surface area contributed by atoms with Crippen LogP contribution in [0.25, 0.3) is 10.8 Å². The van der Waals surface area contributed by atoms with E-state index in [4.69, 9.17) is 11.5 Å². The van der Waals surface area contributed by atoms with Gasteiger partial charge in [-0.05, 0) is 25.0 Å². The third kappa shape index (κ3) is 2.63. The van der Waals surface area contributed by atoms with E-state index in [2.05, 4.69) is 9.88 Å². The molecule has 1 aromatic heterocycles. The number of nitrogen functional groups attached to an aromatic ring is 1. The molecule has 0 bridgehead atoms. The number of aromatic nitrogens is 1. The summed E-state index contributed by atoms with van der Waals surface area (Å²) >= 11 is 0. The topological polar surface area (TPSA) is 85.2 Å². The van der Waals surface area contributed by atoms with Crippen LogP contribution in [-0.4, -0.2) is 23.5 Å². The van der Waals surface area contributed by atoms with Crippen molar-refractivity contribution in [2.75, 3.05) is 17.2 Å². The molecule has 1 amide bonds. The van der Waals surface area contributed by atoms with Crippen molar-refractivity contribution >= 4 is 28.1 Å². The Morgan fingerprint density at radius 3 is 2.76 bits per heavy atom. The standard InChI is InChI=1S/C16H20N4O/c17-15(21)10-20(12-3-1-2-4-12)14-6-5-11-9-19-8-7-13(11)16(14)18/h5-9,12H,1-4,10,18H2,(H2,17,21). The molecule has 21 heavy (non-hydrogen) atoms. The second-order valence-corrected chi connectivity index (χ2v) is 5.63. The van der Waals surface area contributed by atoms with Gasteiger partial charge in [-0.2, -0.15) is 0 Å². The molecule has 0 saturated heterocycles. The van der Waals surface area contributed by atoms with Gasteiger partial charge in [0.25, 0.3) is 0 Å². The molecule has 1 aliphatic rings. The Kier molecular flexibility index (Phi) is 3.64. The largest absolute Gasteiger partial charge is 0.397 e. The molecule has 0 atom stereocenters. The molecule has 0 radical (unpaired) electrons. The van der Waals surface area contributed by atoms with E-state index in [-0.39, 0.29) is 12.5 Å². The lowest BCUT2D eigenvalue weighted by Gasteiger charge is -2.31. The number of pyridine rings is 1. The van der Waals surface area contributed by atoms with Gasteiger partial charge in [0.15, 0.2) is 0 Å². The summed E-state index contributed by atoms with van der Waals surface area (Å²) in [6.07, 6.45) is 8.08. The molecule has 1 aromatic carbocycles. The SMILES string of the molecule is NC(=O)CN(c1ccc2cnccc2c1N)C1CCCC1. The first-order chi connectivity index (χ1) is 10.2. The fourth-order valence-electron chi connectivity index (χ4n) is 3.23. The molecule has 2 aromatic rings. The summed E-state index contributed by atoms with van der Waals surface area (Å²) in [6, 6.07) is 6.22. The van der Waals surface area contributed by atoms with Gasteiger partial charge in [0.05, 0.1) is 17.9 Å². The monoisotopic (exact) mass is 284 g/mol. The van der Waals surface area contributed by atoms with Gasteiger partial charge in [-0.25, -0.2) is 0 Å². The molecule has 0 aliphatic heterocycles. The van der Waals surface area contributed by atoms with Crippen molar-refractivity contribution in [1.29, 1.82) is 0 Å². The zero-order valence-corrected chi connectivity index (χ0v) is 12.0. The van der Waals surface area contributed by atoms with Crippen LogP contribution < -0.4 is 16.4 Å². The van der Waals surface area contributed by atoms with Gasteiger partial charge < -0.3 is 16.4 Å². The molecule has 1 fully saturated rings. The normalized spacial score (nSPS) is 15.4. The van der Waals surface area contributed by atoms with Gasteiger partial charge in [0.2, 0.25) is 5.91 Å². The number of hydrogen-bond donors (Lipinski definition) is 2. The number of nitrogens with two attached hydrogens (primary N) is 2. The van der Waals surface area contributed by atoms with E-state index in [0.717, 1.165) is 29.3 Å². The lowest BCUT2D eigenvalue weighted by molar-refractivity contribution is -0.116. The van der Waals surface area contributed by atoms with Crippen LogP contribution in [0.4, 0.5) is 11.4 Å². The minimum absolute atomic E-state index is 0.214. The fraction of sp³-hybridized carbons (Fsp3) is 0.375. The molecule has 1 heterocycles. The van der Waals surface area contributed by atoms with E-state index in [1.165, 1.54) is 12.8 Å². The Morgan fingerprint density at radius 2 is 2.05 bits per heavy atom. The quantitative estimate of drug-likeness (QED) is 0.841. The second kappa shape index (κ2) is 5.60.